The topological polar surface area (TPSA) is 87.6 Å². The van der Waals surface area contributed by atoms with Crippen molar-refractivity contribution in [2.24, 2.45) is 0 Å². The van der Waals surface area contributed by atoms with Crippen molar-refractivity contribution in [1.29, 1.82) is 0 Å². The minimum absolute atomic E-state index is 0.184. The predicted octanol–water partition coefficient (Wildman–Crippen LogP) is 1.60. The Morgan fingerprint density at radius 2 is 2.05 bits per heavy atom. The van der Waals surface area contributed by atoms with Crippen LogP contribution in [-0.4, -0.2) is 15.2 Å². The van der Waals surface area contributed by atoms with E-state index in [4.69, 9.17) is 5.73 Å². The molecule has 0 saturated carbocycles. The lowest BCUT2D eigenvalue weighted by molar-refractivity contribution is 0.929. The molecule has 3 aromatic rings. The van der Waals surface area contributed by atoms with E-state index >= 15 is 0 Å². The highest BCUT2D eigenvalue weighted by Crippen LogP contribution is 2.34. The van der Waals surface area contributed by atoms with Gasteiger partial charge in [0.2, 0.25) is 0 Å². The number of benzene rings is 1. The van der Waals surface area contributed by atoms with Crippen LogP contribution in [0.25, 0.3) is 22.2 Å². The highest BCUT2D eigenvalue weighted by molar-refractivity contribution is 5.94. The number of nitrogens with zero attached hydrogens (tertiary/aromatic N) is 1. The zero-order valence-corrected chi connectivity index (χ0v) is 10.2. The van der Waals surface area contributed by atoms with Crippen molar-refractivity contribution in [3.05, 3.63) is 45.7 Å². The molecule has 0 bridgehead atoms. The van der Waals surface area contributed by atoms with Crippen LogP contribution in [0.15, 0.2) is 29.1 Å². The van der Waals surface area contributed by atoms with Crippen molar-refractivity contribution >= 4 is 16.7 Å². The van der Waals surface area contributed by atoms with Crippen LogP contribution in [0, 0.1) is 0 Å². The maximum Gasteiger partial charge on any atom is 0.261 e. The Balaban J connectivity index is 2.16. The fourth-order valence-corrected chi connectivity index (χ4v) is 2.90. The second-order valence-corrected chi connectivity index (χ2v) is 4.82. The Morgan fingerprint density at radius 1 is 1.21 bits per heavy atom. The summed E-state index contributed by atoms with van der Waals surface area (Å²) in [5.74, 6) is 0.262. The molecule has 0 unspecified atom stereocenters. The van der Waals surface area contributed by atoms with E-state index in [9.17, 15) is 4.79 Å². The number of hydrogen-bond donors (Lipinski definition) is 3. The number of nitrogens with one attached hydrogen (secondary N) is 2. The quantitative estimate of drug-likeness (QED) is 0.568. The maximum atomic E-state index is 12.1. The fourth-order valence-electron chi connectivity index (χ4n) is 2.90. The third kappa shape index (κ3) is 1.29. The van der Waals surface area contributed by atoms with E-state index in [1.165, 1.54) is 5.56 Å². The van der Waals surface area contributed by atoms with Crippen LogP contribution in [0.4, 0.5) is 5.82 Å². The number of nitrogen functional groups attached to an aromatic ring is 1. The summed E-state index contributed by atoms with van der Waals surface area (Å²) in [6, 6.07) is 8.14. The number of aromatic amines is 2. The maximum absolute atomic E-state index is 12.1. The molecule has 5 heteroatoms. The molecule has 94 valence electrons. The van der Waals surface area contributed by atoms with Crippen LogP contribution in [-0.2, 0) is 12.8 Å². The van der Waals surface area contributed by atoms with E-state index in [-0.39, 0.29) is 11.4 Å². The number of anilines is 1. The van der Waals surface area contributed by atoms with Crippen molar-refractivity contribution < 1.29 is 0 Å². The number of nitrogens with two attached hydrogens (primary N) is 1. The van der Waals surface area contributed by atoms with Crippen molar-refractivity contribution in [3.63, 3.8) is 0 Å². The molecule has 2 aromatic heterocycles. The molecule has 2 heterocycles. The Hall–Kier alpha value is -2.56. The summed E-state index contributed by atoms with van der Waals surface area (Å²) in [4.78, 5) is 15.1. The number of hydrogen-bond acceptors (Lipinski definition) is 3. The van der Waals surface area contributed by atoms with Crippen LogP contribution >= 0.6 is 0 Å². The molecule has 0 aliphatic heterocycles. The zero-order chi connectivity index (χ0) is 13.0. The Morgan fingerprint density at radius 3 is 2.95 bits per heavy atom. The van der Waals surface area contributed by atoms with Gasteiger partial charge in [-0.3, -0.25) is 9.89 Å². The van der Waals surface area contributed by atoms with E-state index in [2.05, 4.69) is 21.2 Å². The molecule has 1 aliphatic carbocycles. The molecule has 4 N–H and O–H groups in total. The standard InChI is InChI=1S/C14H12N4O/c15-13-10-12(17-18-13)9-6-5-7-3-1-2-4-8(7)11(9)16-14(10)19/h1-4H,5-6H2,(H,16,19)(H3,15,17,18). The molecule has 1 aliphatic rings. The lowest BCUT2D eigenvalue weighted by Gasteiger charge is -2.19. The van der Waals surface area contributed by atoms with Crippen LogP contribution in [0.5, 0.6) is 0 Å². The fraction of sp³-hybridized carbons (Fsp3) is 0.143. The molecule has 0 radical (unpaired) electrons. The summed E-state index contributed by atoms with van der Waals surface area (Å²) in [6.07, 6.45) is 1.84. The summed E-state index contributed by atoms with van der Waals surface area (Å²) in [7, 11) is 0. The number of fused-ring (bicyclic) bond motifs is 5. The van der Waals surface area contributed by atoms with Gasteiger partial charge < -0.3 is 10.7 Å². The van der Waals surface area contributed by atoms with E-state index in [1.54, 1.807) is 0 Å². The molecule has 0 fully saturated rings. The van der Waals surface area contributed by atoms with E-state index in [1.807, 2.05) is 18.2 Å². The third-order valence-electron chi connectivity index (χ3n) is 3.79. The van der Waals surface area contributed by atoms with Gasteiger partial charge in [0.05, 0.1) is 11.2 Å². The molecule has 0 amide bonds. The summed E-state index contributed by atoms with van der Waals surface area (Å²) in [5.41, 5.74) is 10.7. The smallest absolute Gasteiger partial charge is 0.261 e. The number of pyridine rings is 1. The first kappa shape index (κ1) is 10.4. The van der Waals surface area contributed by atoms with Gasteiger partial charge in [-0.2, -0.15) is 5.10 Å². The molecule has 0 spiro atoms. The van der Waals surface area contributed by atoms with Gasteiger partial charge in [0.25, 0.3) is 5.56 Å². The van der Waals surface area contributed by atoms with Crippen molar-refractivity contribution in [2.75, 3.05) is 5.73 Å². The highest BCUT2D eigenvalue weighted by atomic mass is 16.1. The Labute approximate surface area is 108 Å². The average Bonchev–Trinajstić information content (AvgIpc) is 2.82. The van der Waals surface area contributed by atoms with Gasteiger partial charge >= 0.3 is 0 Å². The minimum Gasteiger partial charge on any atom is -0.382 e. The molecule has 0 atom stereocenters. The van der Waals surface area contributed by atoms with Gasteiger partial charge in [-0.15, -0.1) is 0 Å². The molecule has 0 saturated heterocycles. The summed E-state index contributed by atoms with van der Waals surface area (Å²) in [6.45, 7) is 0. The van der Waals surface area contributed by atoms with Crippen LogP contribution in [0.1, 0.15) is 11.1 Å². The molecular formula is C14H12N4O. The summed E-state index contributed by atoms with van der Waals surface area (Å²) >= 11 is 0. The third-order valence-corrected chi connectivity index (χ3v) is 3.79. The summed E-state index contributed by atoms with van der Waals surface area (Å²) in [5, 5.41) is 7.32. The highest BCUT2D eigenvalue weighted by Gasteiger charge is 2.22. The number of aryl methyl sites for hydroxylation is 2. The predicted molar refractivity (Wildman–Crippen MR) is 74.0 cm³/mol. The van der Waals surface area contributed by atoms with Gasteiger partial charge in [-0.1, -0.05) is 24.3 Å². The average molecular weight is 252 g/mol. The first-order chi connectivity index (χ1) is 9.25. The molecular weight excluding hydrogens is 240 g/mol. The molecule has 5 nitrogen and oxygen atoms in total. The number of aromatic nitrogens is 3. The van der Waals surface area contributed by atoms with Crippen LogP contribution < -0.4 is 11.3 Å². The second kappa shape index (κ2) is 3.47. The van der Waals surface area contributed by atoms with Crippen molar-refractivity contribution in [1.82, 2.24) is 15.2 Å². The van der Waals surface area contributed by atoms with Gasteiger partial charge in [0, 0.05) is 11.1 Å². The van der Waals surface area contributed by atoms with Crippen molar-refractivity contribution in [2.45, 2.75) is 12.8 Å². The molecule has 1 aromatic carbocycles. The number of H-pyrrole nitrogens is 2. The Kier molecular flexibility index (Phi) is 1.90. The first-order valence-electron chi connectivity index (χ1n) is 6.22. The molecule has 4 rings (SSSR count). The van der Waals surface area contributed by atoms with Gasteiger partial charge in [-0.25, -0.2) is 0 Å². The van der Waals surface area contributed by atoms with E-state index in [0.717, 1.165) is 35.2 Å². The summed E-state index contributed by atoms with van der Waals surface area (Å²) < 4.78 is 0. The van der Waals surface area contributed by atoms with E-state index < -0.39 is 0 Å². The Bertz CT molecular complexity index is 859. The largest absolute Gasteiger partial charge is 0.382 e. The lowest BCUT2D eigenvalue weighted by Crippen LogP contribution is -2.15. The van der Waals surface area contributed by atoms with Gasteiger partial charge in [-0.05, 0) is 18.4 Å². The SMILES string of the molecule is Nc1n[nH]c2c3c([nH]c(=O)c12)-c1ccccc1CC3. The second-order valence-electron chi connectivity index (χ2n) is 4.82. The van der Waals surface area contributed by atoms with Crippen LogP contribution in [0.3, 0.4) is 0 Å². The first-order valence-corrected chi connectivity index (χ1v) is 6.22. The lowest BCUT2D eigenvalue weighted by atomic mass is 9.88. The van der Waals surface area contributed by atoms with Gasteiger partial charge in [0.15, 0.2) is 5.82 Å². The van der Waals surface area contributed by atoms with Crippen LogP contribution in [0.2, 0.25) is 0 Å². The van der Waals surface area contributed by atoms with Gasteiger partial charge in [0.1, 0.15) is 5.39 Å². The van der Waals surface area contributed by atoms with E-state index in [0.29, 0.717) is 5.39 Å². The minimum atomic E-state index is -0.184. The monoisotopic (exact) mass is 252 g/mol. The number of rotatable bonds is 0. The normalized spacial score (nSPS) is 13.3. The zero-order valence-electron chi connectivity index (χ0n) is 10.2. The van der Waals surface area contributed by atoms with Crippen molar-refractivity contribution in [3.8, 4) is 11.3 Å². The molecule has 19 heavy (non-hydrogen) atoms.